The van der Waals surface area contributed by atoms with Crippen molar-refractivity contribution >= 4 is 17.6 Å². The fourth-order valence-corrected chi connectivity index (χ4v) is 2.95. The van der Waals surface area contributed by atoms with Gasteiger partial charge < -0.3 is 16.4 Å². The second-order valence-corrected chi connectivity index (χ2v) is 6.02. The summed E-state index contributed by atoms with van der Waals surface area (Å²) in [5, 5.41) is 4.51. The van der Waals surface area contributed by atoms with Crippen LogP contribution in [-0.4, -0.2) is 50.8 Å². The smallest absolute Gasteiger partial charge is 0.223 e. The minimum atomic E-state index is 0.220. The first-order valence-electron chi connectivity index (χ1n) is 8.06. The van der Waals surface area contributed by atoms with E-state index in [1.165, 1.54) is 5.56 Å². The molecule has 0 aromatic carbocycles. The molecule has 0 radical (unpaired) electrons. The minimum absolute atomic E-state index is 0.220. The zero-order chi connectivity index (χ0) is 17.1. The lowest BCUT2D eigenvalue weighted by atomic mass is 10.2. The van der Waals surface area contributed by atoms with Gasteiger partial charge in [0.2, 0.25) is 5.95 Å². The Morgan fingerprint density at radius 2 is 1.96 bits per heavy atom. The highest BCUT2D eigenvalue weighted by Gasteiger charge is 2.20. The van der Waals surface area contributed by atoms with Crippen LogP contribution in [0.2, 0.25) is 0 Å². The molecule has 0 aliphatic carbocycles. The third-order valence-electron chi connectivity index (χ3n) is 4.20. The number of anilines is 3. The van der Waals surface area contributed by atoms with Gasteiger partial charge in [0.1, 0.15) is 11.6 Å². The van der Waals surface area contributed by atoms with E-state index in [2.05, 4.69) is 44.6 Å². The van der Waals surface area contributed by atoms with E-state index in [1.807, 2.05) is 10.8 Å². The molecule has 2 aromatic rings. The van der Waals surface area contributed by atoms with Crippen LogP contribution in [0.15, 0.2) is 24.9 Å². The van der Waals surface area contributed by atoms with Crippen molar-refractivity contribution in [2.75, 3.05) is 42.5 Å². The number of aryl methyl sites for hydroxylation is 1. The molecular weight excluding hydrogens is 304 g/mol. The van der Waals surface area contributed by atoms with Gasteiger partial charge in [0.05, 0.1) is 12.2 Å². The van der Waals surface area contributed by atoms with E-state index < -0.39 is 0 Å². The van der Waals surface area contributed by atoms with Crippen molar-refractivity contribution in [3.05, 3.63) is 36.2 Å². The van der Waals surface area contributed by atoms with Gasteiger partial charge in [-0.05, 0) is 6.92 Å². The topological polar surface area (TPSA) is 102 Å². The normalized spacial score (nSPS) is 15.6. The fraction of sp³-hybridized carbons (Fsp3) is 0.438. The lowest BCUT2D eigenvalue weighted by molar-refractivity contribution is 0.249. The monoisotopic (exact) mass is 328 g/mol. The molecule has 0 unspecified atom stereocenters. The number of rotatable bonds is 5. The SMILES string of the molecule is C=CCn1cc(CN2CCN(c3cc(N)nc(N)n3)CC2)c(C)n1. The van der Waals surface area contributed by atoms with Gasteiger partial charge in [-0.2, -0.15) is 15.1 Å². The number of nitrogens with two attached hydrogens (primary N) is 2. The minimum Gasteiger partial charge on any atom is -0.383 e. The molecule has 8 nitrogen and oxygen atoms in total. The standard InChI is InChI=1S/C16H24N8/c1-3-4-24-11-13(12(2)21-24)10-22-5-7-23(8-6-22)15-9-14(17)19-16(18)20-15/h3,9,11H,1,4-8,10H2,2H3,(H4,17,18,19,20). The quantitative estimate of drug-likeness (QED) is 0.777. The summed E-state index contributed by atoms with van der Waals surface area (Å²) >= 11 is 0. The van der Waals surface area contributed by atoms with Crippen molar-refractivity contribution in [2.24, 2.45) is 0 Å². The van der Waals surface area contributed by atoms with Crippen molar-refractivity contribution in [1.29, 1.82) is 0 Å². The van der Waals surface area contributed by atoms with Crippen LogP contribution in [-0.2, 0) is 13.1 Å². The molecule has 1 saturated heterocycles. The predicted octanol–water partition coefficient (Wildman–Crippen LogP) is 0.654. The van der Waals surface area contributed by atoms with E-state index >= 15 is 0 Å². The maximum Gasteiger partial charge on any atom is 0.223 e. The van der Waals surface area contributed by atoms with Crippen LogP contribution in [0, 0.1) is 6.92 Å². The summed E-state index contributed by atoms with van der Waals surface area (Å²) in [5.41, 5.74) is 13.8. The van der Waals surface area contributed by atoms with Gasteiger partial charge in [-0.1, -0.05) is 6.08 Å². The summed E-state index contributed by atoms with van der Waals surface area (Å²) in [6.45, 7) is 11.1. The van der Waals surface area contributed by atoms with Gasteiger partial charge in [-0.15, -0.1) is 6.58 Å². The molecular formula is C16H24N8. The summed E-state index contributed by atoms with van der Waals surface area (Å²) in [5.74, 6) is 1.43. The van der Waals surface area contributed by atoms with Crippen molar-refractivity contribution in [3.63, 3.8) is 0 Å². The van der Waals surface area contributed by atoms with Crippen molar-refractivity contribution < 1.29 is 0 Å². The number of hydrogen-bond acceptors (Lipinski definition) is 7. The Labute approximate surface area is 141 Å². The molecule has 1 aliphatic rings. The maximum absolute atomic E-state index is 5.75. The molecule has 0 bridgehead atoms. The zero-order valence-electron chi connectivity index (χ0n) is 14.0. The maximum atomic E-state index is 5.75. The van der Waals surface area contributed by atoms with Crippen LogP contribution in [0.4, 0.5) is 17.6 Å². The van der Waals surface area contributed by atoms with Gasteiger partial charge >= 0.3 is 0 Å². The first kappa shape index (κ1) is 16.3. The van der Waals surface area contributed by atoms with Crippen LogP contribution in [0.25, 0.3) is 0 Å². The summed E-state index contributed by atoms with van der Waals surface area (Å²) < 4.78 is 1.93. The van der Waals surface area contributed by atoms with Crippen LogP contribution >= 0.6 is 0 Å². The number of hydrogen-bond donors (Lipinski definition) is 2. The van der Waals surface area contributed by atoms with E-state index in [0.717, 1.165) is 50.8 Å². The van der Waals surface area contributed by atoms with Crippen molar-refractivity contribution in [2.45, 2.75) is 20.0 Å². The summed E-state index contributed by atoms with van der Waals surface area (Å²) in [6.07, 6.45) is 3.96. The predicted molar refractivity (Wildman–Crippen MR) is 95.5 cm³/mol. The Bertz CT molecular complexity index is 695. The summed E-state index contributed by atoms with van der Waals surface area (Å²) in [6, 6.07) is 1.77. The molecule has 0 spiro atoms. The molecule has 0 atom stereocenters. The van der Waals surface area contributed by atoms with E-state index in [0.29, 0.717) is 5.82 Å². The molecule has 1 fully saturated rings. The zero-order valence-corrected chi connectivity index (χ0v) is 14.0. The second-order valence-electron chi connectivity index (χ2n) is 6.02. The van der Waals surface area contributed by atoms with Crippen molar-refractivity contribution in [3.8, 4) is 0 Å². The molecule has 4 N–H and O–H groups in total. The van der Waals surface area contributed by atoms with Crippen molar-refractivity contribution in [1.82, 2.24) is 24.6 Å². The highest BCUT2D eigenvalue weighted by Crippen LogP contribution is 2.18. The average Bonchev–Trinajstić information content (AvgIpc) is 2.87. The Morgan fingerprint density at radius 3 is 2.62 bits per heavy atom. The third kappa shape index (κ3) is 3.65. The highest BCUT2D eigenvalue weighted by atomic mass is 15.3. The van der Waals surface area contributed by atoms with Gasteiger partial charge in [-0.25, -0.2) is 0 Å². The Kier molecular flexibility index (Phi) is 4.66. The van der Waals surface area contributed by atoms with E-state index in [1.54, 1.807) is 6.07 Å². The molecule has 24 heavy (non-hydrogen) atoms. The molecule has 1 aliphatic heterocycles. The average molecular weight is 328 g/mol. The molecule has 2 aromatic heterocycles. The van der Waals surface area contributed by atoms with Crippen LogP contribution in [0.5, 0.6) is 0 Å². The lowest BCUT2D eigenvalue weighted by Gasteiger charge is -2.35. The van der Waals surface area contributed by atoms with E-state index in [-0.39, 0.29) is 5.95 Å². The first-order chi connectivity index (χ1) is 11.5. The Morgan fingerprint density at radius 1 is 1.21 bits per heavy atom. The Balaban J connectivity index is 1.60. The molecule has 3 rings (SSSR count). The number of nitrogen functional groups attached to an aromatic ring is 2. The fourth-order valence-electron chi connectivity index (χ4n) is 2.95. The summed E-state index contributed by atoms with van der Waals surface area (Å²) in [7, 11) is 0. The highest BCUT2D eigenvalue weighted by molar-refractivity contribution is 5.50. The van der Waals surface area contributed by atoms with Crippen LogP contribution < -0.4 is 16.4 Å². The Hall–Kier alpha value is -2.61. The number of nitrogens with zero attached hydrogens (tertiary/aromatic N) is 6. The van der Waals surface area contributed by atoms with Crippen LogP contribution in [0.3, 0.4) is 0 Å². The van der Waals surface area contributed by atoms with Crippen LogP contribution in [0.1, 0.15) is 11.3 Å². The molecule has 128 valence electrons. The molecule has 0 saturated carbocycles. The van der Waals surface area contributed by atoms with Gasteiger partial charge in [0.25, 0.3) is 0 Å². The number of piperazine rings is 1. The van der Waals surface area contributed by atoms with Gasteiger partial charge in [-0.3, -0.25) is 9.58 Å². The molecule has 0 amide bonds. The number of aromatic nitrogens is 4. The van der Waals surface area contributed by atoms with Gasteiger partial charge in [0.15, 0.2) is 0 Å². The number of allylic oxidation sites excluding steroid dienone is 1. The first-order valence-corrected chi connectivity index (χ1v) is 8.06. The van der Waals surface area contributed by atoms with Gasteiger partial charge in [0, 0.05) is 50.6 Å². The molecule has 8 heteroatoms. The van der Waals surface area contributed by atoms with E-state index in [9.17, 15) is 0 Å². The molecule has 3 heterocycles. The second kappa shape index (κ2) is 6.88. The summed E-state index contributed by atoms with van der Waals surface area (Å²) in [4.78, 5) is 12.8. The third-order valence-corrected chi connectivity index (χ3v) is 4.20. The largest absolute Gasteiger partial charge is 0.383 e. The lowest BCUT2D eigenvalue weighted by Crippen LogP contribution is -2.46. The van der Waals surface area contributed by atoms with E-state index in [4.69, 9.17) is 11.5 Å².